The Morgan fingerprint density at radius 2 is 2.31 bits per heavy atom. The van der Waals surface area contributed by atoms with Gasteiger partial charge in [0.15, 0.2) is 0 Å². The lowest BCUT2D eigenvalue weighted by atomic mass is 10.2. The van der Waals surface area contributed by atoms with E-state index in [0.717, 1.165) is 24.5 Å². The van der Waals surface area contributed by atoms with E-state index in [1.807, 2.05) is 24.3 Å². The average molecular weight is 220 g/mol. The number of ether oxygens (including phenoxy) is 1. The van der Waals surface area contributed by atoms with E-state index < -0.39 is 0 Å². The third kappa shape index (κ3) is 2.45. The molecule has 1 aromatic carbocycles. The van der Waals surface area contributed by atoms with Gasteiger partial charge in [0, 0.05) is 20.0 Å². The maximum absolute atomic E-state index is 10.8. The van der Waals surface area contributed by atoms with Crippen LogP contribution in [0.4, 0.5) is 5.69 Å². The van der Waals surface area contributed by atoms with Crippen LogP contribution in [0, 0.1) is 0 Å². The Hall–Kier alpha value is -1.71. The van der Waals surface area contributed by atoms with E-state index >= 15 is 0 Å². The number of carbonyl (C=O) groups excluding carboxylic acids is 1. The number of benzene rings is 1. The Morgan fingerprint density at radius 3 is 3.12 bits per heavy atom. The summed E-state index contributed by atoms with van der Waals surface area (Å²) in [5.74, 6) is 0.943. The summed E-state index contributed by atoms with van der Waals surface area (Å²) in [5, 5.41) is 2.80. The van der Waals surface area contributed by atoms with Crippen molar-refractivity contribution in [3.8, 4) is 5.75 Å². The van der Waals surface area contributed by atoms with Crippen LogP contribution in [0.15, 0.2) is 24.3 Å². The van der Waals surface area contributed by atoms with Gasteiger partial charge in [-0.1, -0.05) is 12.1 Å². The van der Waals surface area contributed by atoms with Crippen LogP contribution in [-0.4, -0.2) is 32.1 Å². The van der Waals surface area contributed by atoms with Gasteiger partial charge in [-0.2, -0.15) is 0 Å². The van der Waals surface area contributed by atoms with Crippen molar-refractivity contribution in [3.63, 3.8) is 0 Å². The van der Waals surface area contributed by atoms with Crippen LogP contribution in [0.1, 0.15) is 6.92 Å². The highest BCUT2D eigenvalue weighted by Crippen LogP contribution is 2.30. The predicted octanol–water partition coefficient (Wildman–Crippen LogP) is 1.02. The largest absolute Gasteiger partial charge is 0.490 e. The average Bonchev–Trinajstić information content (AvgIpc) is 2.29. The molecule has 0 unspecified atom stereocenters. The Kier molecular flexibility index (Phi) is 3.29. The fourth-order valence-corrected chi connectivity index (χ4v) is 1.83. The highest BCUT2D eigenvalue weighted by molar-refractivity contribution is 5.72. The van der Waals surface area contributed by atoms with Crippen LogP contribution < -0.4 is 15.0 Å². The van der Waals surface area contributed by atoms with Crippen molar-refractivity contribution in [3.05, 3.63) is 24.3 Å². The van der Waals surface area contributed by atoms with Crippen molar-refractivity contribution in [1.82, 2.24) is 5.32 Å². The van der Waals surface area contributed by atoms with Crippen LogP contribution in [0.3, 0.4) is 0 Å². The monoisotopic (exact) mass is 220 g/mol. The lowest BCUT2D eigenvalue weighted by Crippen LogP contribution is -2.38. The van der Waals surface area contributed by atoms with Crippen molar-refractivity contribution in [2.75, 3.05) is 31.1 Å². The summed E-state index contributed by atoms with van der Waals surface area (Å²) < 4.78 is 5.55. The third-order valence-electron chi connectivity index (χ3n) is 2.58. The summed E-state index contributed by atoms with van der Waals surface area (Å²) in [4.78, 5) is 13.0. The number of hydrogen-bond donors (Lipinski definition) is 1. The van der Waals surface area contributed by atoms with Crippen molar-refractivity contribution in [1.29, 1.82) is 0 Å². The van der Waals surface area contributed by atoms with Gasteiger partial charge in [-0.05, 0) is 12.1 Å². The van der Waals surface area contributed by atoms with Gasteiger partial charge in [-0.15, -0.1) is 0 Å². The Morgan fingerprint density at radius 1 is 1.50 bits per heavy atom. The highest BCUT2D eigenvalue weighted by atomic mass is 16.5. The molecule has 1 aliphatic rings. The topological polar surface area (TPSA) is 41.6 Å². The number of nitrogens with one attached hydrogen (secondary N) is 1. The lowest BCUT2D eigenvalue weighted by molar-refractivity contribution is -0.118. The first-order valence-corrected chi connectivity index (χ1v) is 5.48. The van der Waals surface area contributed by atoms with Crippen molar-refractivity contribution >= 4 is 11.6 Å². The minimum atomic E-state index is 0.0153. The number of anilines is 1. The van der Waals surface area contributed by atoms with Crippen LogP contribution in [0.25, 0.3) is 0 Å². The summed E-state index contributed by atoms with van der Waals surface area (Å²) in [6.45, 7) is 4.60. The minimum Gasteiger partial charge on any atom is -0.490 e. The lowest BCUT2D eigenvalue weighted by Gasteiger charge is -2.31. The molecule has 0 fully saturated rings. The molecule has 0 aromatic heterocycles. The molecule has 86 valence electrons. The molecule has 4 heteroatoms. The molecule has 1 amide bonds. The molecule has 1 N–H and O–H groups in total. The molecular formula is C12H16N2O2. The number of hydrogen-bond acceptors (Lipinski definition) is 3. The highest BCUT2D eigenvalue weighted by Gasteiger charge is 2.16. The van der Waals surface area contributed by atoms with Gasteiger partial charge in [-0.3, -0.25) is 4.79 Å². The summed E-state index contributed by atoms with van der Waals surface area (Å²) in [5.41, 5.74) is 1.11. The number of carbonyl (C=O) groups is 1. The zero-order valence-electron chi connectivity index (χ0n) is 9.40. The standard InChI is InChI=1S/C12H16N2O2/c1-10(15)13-6-7-14-8-9-16-12-5-3-2-4-11(12)14/h2-5H,6-9H2,1H3,(H,13,15). The second-order valence-corrected chi connectivity index (χ2v) is 3.79. The summed E-state index contributed by atoms with van der Waals surface area (Å²) in [6, 6.07) is 7.98. The Labute approximate surface area is 95.2 Å². The fourth-order valence-electron chi connectivity index (χ4n) is 1.83. The van der Waals surface area contributed by atoms with E-state index in [0.29, 0.717) is 13.2 Å². The number of fused-ring (bicyclic) bond motifs is 1. The van der Waals surface area contributed by atoms with Gasteiger partial charge in [0.2, 0.25) is 5.91 Å². The molecule has 16 heavy (non-hydrogen) atoms. The number of para-hydroxylation sites is 2. The summed E-state index contributed by atoms with van der Waals surface area (Å²) in [7, 11) is 0. The maximum Gasteiger partial charge on any atom is 0.216 e. The second kappa shape index (κ2) is 4.88. The van der Waals surface area contributed by atoms with Gasteiger partial charge in [0.1, 0.15) is 12.4 Å². The molecule has 1 heterocycles. The maximum atomic E-state index is 10.8. The van der Waals surface area contributed by atoms with E-state index in [-0.39, 0.29) is 5.91 Å². The van der Waals surface area contributed by atoms with Gasteiger partial charge in [0.05, 0.1) is 12.2 Å². The normalized spacial score (nSPS) is 13.9. The molecule has 0 saturated carbocycles. The Balaban J connectivity index is 1.99. The zero-order chi connectivity index (χ0) is 11.4. The van der Waals surface area contributed by atoms with Crippen LogP contribution in [0.5, 0.6) is 5.75 Å². The van der Waals surface area contributed by atoms with Crippen LogP contribution in [0.2, 0.25) is 0 Å². The molecule has 2 rings (SSSR count). The van der Waals surface area contributed by atoms with E-state index in [4.69, 9.17) is 4.74 Å². The third-order valence-corrected chi connectivity index (χ3v) is 2.58. The summed E-state index contributed by atoms with van der Waals surface area (Å²) >= 11 is 0. The van der Waals surface area contributed by atoms with E-state index in [1.165, 1.54) is 6.92 Å². The molecule has 0 atom stereocenters. The summed E-state index contributed by atoms with van der Waals surface area (Å²) in [6.07, 6.45) is 0. The molecule has 0 saturated heterocycles. The van der Waals surface area contributed by atoms with E-state index in [1.54, 1.807) is 0 Å². The first-order chi connectivity index (χ1) is 7.77. The van der Waals surface area contributed by atoms with E-state index in [2.05, 4.69) is 10.2 Å². The molecule has 4 nitrogen and oxygen atoms in total. The molecule has 0 radical (unpaired) electrons. The van der Waals surface area contributed by atoms with Gasteiger partial charge < -0.3 is 15.0 Å². The molecule has 0 spiro atoms. The number of rotatable bonds is 3. The van der Waals surface area contributed by atoms with Gasteiger partial charge in [-0.25, -0.2) is 0 Å². The van der Waals surface area contributed by atoms with Crippen molar-refractivity contribution < 1.29 is 9.53 Å². The molecule has 0 aliphatic carbocycles. The molecular weight excluding hydrogens is 204 g/mol. The first kappa shape index (κ1) is 10.8. The fraction of sp³-hybridized carbons (Fsp3) is 0.417. The van der Waals surface area contributed by atoms with Crippen molar-refractivity contribution in [2.45, 2.75) is 6.92 Å². The molecule has 0 bridgehead atoms. The molecule has 1 aliphatic heterocycles. The zero-order valence-corrected chi connectivity index (χ0v) is 9.40. The van der Waals surface area contributed by atoms with Gasteiger partial charge in [0.25, 0.3) is 0 Å². The second-order valence-electron chi connectivity index (χ2n) is 3.79. The SMILES string of the molecule is CC(=O)NCCN1CCOc2ccccc21. The number of nitrogens with zero attached hydrogens (tertiary/aromatic N) is 1. The van der Waals surface area contributed by atoms with Crippen molar-refractivity contribution in [2.24, 2.45) is 0 Å². The van der Waals surface area contributed by atoms with E-state index in [9.17, 15) is 4.79 Å². The Bertz CT molecular complexity index is 379. The number of amides is 1. The smallest absolute Gasteiger partial charge is 0.216 e. The molecule has 1 aromatic rings. The van der Waals surface area contributed by atoms with Crippen LogP contribution >= 0.6 is 0 Å². The minimum absolute atomic E-state index is 0.0153. The van der Waals surface area contributed by atoms with Crippen LogP contribution in [-0.2, 0) is 4.79 Å². The quantitative estimate of drug-likeness (QED) is 0.827. The predicted molar refractivity (Wildman–Crippen MR) is 62.8 cm³/mol. The first-order valence-electron chi connectivity index (χ1n) is 5.48. The van der Waals surface area contributed by atoms with Gasteiger partial charge >= 0.3 is 0 Å².